The van der Waals surface area contributed by atoms with Gasteiger partial charge in [-0.25, -0.2) is 0 Å². The number of aliphatic hydroxyl groups excluding tert-OH is 1. The predicted octanol–water partition coefficient (Wildman–Crippen LogP) is 2.36. The van der Waals surface area contributed by atoms with Gasteiger partial charge in [-0.15, -0.1) is 0 Å². The highest BCUT2D eigenvalue weighted by molar-refractivity contribution is 5.79. The van der Waals surface area contributed by atoms with Crippen molar-refractivity contribution in [1.82, 2.24) is 4.98 Å². The minimum atomic E-state index is -0.0332. The van der Waals surface area contributed by atoms with Gasteiger partial charge in [-0.2, -0.15) is 0 Å². The number of benzene rings is 1. The third-order valence-corrected chi connectivity index (χ3v) is 3.00. The fraction of sp³-hybridized carbons (Fsp3) is 0.357. The fourth-order valence-electron chi connectivity index (χ4n) is 1.96. The molecule has 0 radical (unpaired) electrons. The zero-order valence-corrected chi connectivity index (χ0v) is 9.99. The molecule has 2 N–H and O–H groups in total. The van der Waals surface area contributed by atoms with Crippen LogP contribution < -0.4 is 5.43 Å². The Morgan fingerprint density at radius 3 is 2.88 bits per heavy atom. The fourth-order valence-corrected chi connectivity index (χ4v) is 1.96. The van der Waals surface area contributed by atoms with Crippen LogP contribution in [0.3, 0.4) is 0 Å². The molecular weight excluding hydrogens is 214 g/mol. The number of unbranched alkanes of at least 4 members (excludes halogenated alkanes) is 1. The van der Waals surface area contributed by atoms with Gasteiger partial charge >= 0.3 is 0 Å². The van der Waals surface area contributed by atoms with Gasteiger partial charge in [0.05, 0.1) is 6.61 Å². The van der Waals surface area contributed by atoms with E-state index in [0.717, 1.165) is 35.9 Å². The van der Waals surface area contributed by atoms with E-state index in [0.29, 0.717) is 5.39 Å². The van der Waals surface area contributed by atoms with Crippen molar-refractivity contribution < 1.29 is 5.11 Å². The number of fused-ring (bicyclic) bond motifs is 1. The molecule has 1 aromatic heterocycles. The van der Waals surface area contributed by atoms with Crippen molar-refractivity contribution in [3.63, 3.8) is 0 Å². The van der Waals surface area contributed by atoms with Crippen LogP contribution in [0.1, 0.15) is 30.9 Å². The summed E-state index contributed by atoms with van der Waals surface area (Å²) in [5.41, 5.74) is 2.51. The van der Waals surface area contributed by atoms with Gasteiger partial charge in [0.1, 0.15) is 0 Å². The van der Waals surface area contributed by atoms with Crippen LogP contribution in [-0.4, -0.2) is 10.1 Å². The number of H-pyrrole nitrogens is 1. The molecule has 2 aromatic rings. The minimum Gasteiger partial charge on any atom is -0.392 e. The molecule has 0 amide bonds. The first-order valence-electron chi connectivity index (χ1n) is 6.00. The highest BCUT2D eigenvalue weighted by Crippen LogP contribution is 2.12. The van der Waals surface area contributed by atoms with Crippen molar-refractivity contribution in [2.45, 2.75) is 32.8 Å². The number of hydrogen-bond acceptors (Lipinski definition) is 2. The molecule has 1 aromatic carbocycles. The lowest BCUT2D eigenvalue weighted by Crippen LogP contribution is -2.10. The molecule has 3 nitrogen and oxygen atoms in total. The van der Waals surface area contributed by atoms with E-state index in [9.17, 15) is 4.79 Å². The first-order valence-corrected chi connectivity index (χ1v) is 6.00. The number of rotatable bonds is 4. The van der Waals surface area contributed by atoms with Gasteiger partial charge in [0.25, 0.3) is 0 Å². The highest BCUT2D eigenvalue weighted by atomic mass is 16.3. The van der Waals surface area contributed by atoms with Crippen LogP contribution in [0.15, 0.2) is 29.2 Å². The first-order chi connectivity index (χ1) is 8.26. The lowest BCUT2D eigenvalue weighted by Gasteiger charge is -2.04. The summed E-state index contributed by atoms with van der Waals surface area (Å²) >= 11 is 0. The third kappa shape index (κ3) is 2.39. The van der Waals surface area contributed by atoms with Crippen molar-refractivity contribution in [2.24, 2.45) is 0 Å². The Morgan fingerprint density at radius 2 is 2.18 bits per heavy atom. The zero-order chi connectivity index (χ0) is 12.3. The maximum absolute atomic E-state index is 12.2. The van der Waals surface area contributed by atoms with Crippen molar-refractivity contribution in [3.05, 3.63) is 45.7 Å². The maximum Gasteiger partial charge on any atom is 0.192 e. The van der Waals surface area contributed by atoms with E-state index in [1.807, 2.05) is 12.1 Å². The Kier molecular flexibility index (Phi) is 3.59. The van der Waals surface area contributed by atoms with E-state index in [1.54, 1.807) is 12.3 Å². The van der Waals surface area contributed by atoms with Gasteiger partial charge in [-0.1, -0.05) is 19.4 Å². The number of pyridine rings is 1. The van der Waals surface area contributed by atoms with Gasteiger partial charge in [0, 0.05) is 22.7 Å². The first kappa shape index (κ1) is 11.9. The third-order valence-electron chi connectivity index (χ3n) is 3.00. The molecule has 0 spiro atoms. The van der Waals surface area contributed by atoms with Crippen LogP contribution >= 0.6 is 0 Å². The van der Waals surface area contributed by atoms with E-state index in [4.69, 9.17) is 5.11 Å². The van der Waals surface area contributed by atoms with Gasteiger partial charge in [-0.3, -0.25) is 4.79 Å². The van der Waals surface area contributed by atoms with Crippen molar-refractivity contribution in [2.75, 3.05) is 0 Å². The van der Waals surface area contributed by atoms with E-state index in [-0.39, 0.29) is 12.0 Å². The summed E-state index contributed by atoms with van der Waals surface area (Å²) in [5.74, 6) is 0. The summed E-state index contributed by atoms with van der Waals surface area (Å²) in [4.78, 5) is 15.3. The van der Waals surface area contributed by atoms with Crippen molar-refractivity contribution in [3.8, 4) is 0 Å². The lowest BCUT2D eigenvalue weighted by atomic mass is 10.1. The van der Waals surface area contributed by atoms with Crippen LogP contribution in [0.5, 0.6) is 0 Å². The second kappa shape index (κ2) is 5.15. The smallest absolute Gasteiger partial charge is 0.192 e. The monoisotopic (exact) mass is 231 g/mol. The summed E-state index contributed by atoms with van der Waals surface area (Å²) in [7, 11) is 0. The Morgan fingerprint density at radius 1 is 1.35 bits per heavy atom. The molecule has 0 atom stereocenters. The molecule has 2 rings (SSSR count). The molecule has 90 valence electrons. The van der Waals surface area contributed by atoms with Crippen LogP contribution in [0.2, 0.25) is 0 Å². The zero-order valence-electron chi connectivity index (χ0n) is 9.99. The molecule has 0 aliphatic carbocycles. The summed E-state index contributed by atoms with van der Waals surface area (Å²) in [6.07, 6.45) is 4.71. The molecule has 0 bridgehead atoms. The Balaban J connectivity index is 2.52. The summed E-state index contributed by atoms with van der Waals surface area (Å²) < 4.78 is 0. The van der Waals surface area contributed by atoms with E-state index < -0.39 is 0 Å². The van der Waals surface area contributed by atoms with E-state index >= 15 is 0 Å². The van der Waals surface area contributed by atoms with Crippen molar-refractivity contribution >= 4 is 10.9 Å². The maximum atomic E-state index is 12.2. The van der Waals surface area contributed by atoms with E-state index in [1.165, 1.54) is 0 Å². The molecule has 3 heteroatoms. The Hall–Kier alpha value is -1.61. The molecule has 1 heterocycles. The molecule has 0 aliphatic heterocycles. The molecule has 0 fully saturated rings. The van der Waals surface area contributed by atoms with Crippen LogP contribution in [0.4, 0.5) is 0 Å². The number of aromatic nitrogens is 1. The largest absolute Gasteiger partial charge is 0.392 e. The molecule has 0 aliphatic rings. The summed E-state index contributed by atoms with van der Waals surface area (Å²) in [6, 6.07) is 5.43. The summed E-state index contributed by atoms with van der Waals surface area (Å²) in [6.45, 7) is 2.08. The number of aryl methyl sites for hydroxylation is 1. The molecule has 0 saturated carbocycles. The SMILES string of the molecule is CCCCc1c[nH]c2ccc(CO)cc2c1=O. The number of aliphatic hydroxyl groups is 1. The van der Waals surface area contributed by atoms with Gasteiger partial charge < -0.3 is 10.1 Å². The summed E-state index contributed by atoms with van der Waals surface area (Å²) in [5, 5.41) is 9.76. The highest BCUT2D eigenvalue weighted by Gasteiger charge is 2.05. The molecule has 17 heavy (non-hydrogen) atoms. The molecule has 0 unspecified atom stereocenters. The molecule has 0 saturated heterocycles. The van der Waals surface area contributed by atoms with E-state index in [2.05, 4.69) is 11.9 Å². The van der Waals surface area contributed by atoms with Gasteiger partial charge in [-0.05, 0) is 30.5 Å². The van der Waals surface area contributed by atoms with Gasteiger partial charge in [0.2, 0.25) is 0 Å². The average molecular weight is 231 g/mol. The van der Waals surface area contributed by atoms with Crippen LogP contribution in [-0.2, 0) is 13.0 Å². The molecular formula is C14H17NO2. The van der Waals surface area contributed by atoms with Gasteiger partial charge in [0.15, 0.2) is 5.43 Å². The quantitative estimate of drug-likeness (QED) is 0.848. The normalized spacial score (nSPS) is 10.9. The second-order valence-corrected chi connectivity index (χ2v) is 4.28. The van der Waals surface area contributed by atoms with Crippen LogP contribution in [0, 0.1) is 0 Å². The number of nitrogens with one attached hydrogen (secondary N) is 1. The Bertz CT molecular complexity index is 572. The second-order valence-electron chi connectivity index (χ2n) is 4.28. The minimum absolute atomic E-state index is 0.0332. The topological polar surface area (TPSA) is 53.1 Å². The van der Waals surface area contributed by atoms with Crippen molar-refractivity contribution in [1.29, 1.82) is 0 Å². The predicted molar refractivity (Wildman–Crippen MR) is 69.1 cm³/mol. The number of aromatic amines is 1. The van der Waals surface area contributed by atoms with Crippen LogP contribution in [0.25, 0.3) is 10.9 Å². The Labute approximate surface area is 100 Å². The average Bonchev–Trinajstić information content (AvgIpc) is 2.38. The number of hydrogen-bond donors (Lipinski definition) is 2. The lowest BCUT2D eigenvalue weighted by molar-refractivity contribution is 0.282. The standard InChI is InChI=1S/C14H17NO2/c1-2-3-4-11-8-15-13-6-5-10(9-16)7-12(13)14(11)17/h5-8,16H,2-4,9H2,1H3,(H,15,17).